The lowest BCUT2D eigenvalue weighted by atomic mass is 9.96. The van der Waals surface area contributed by atoms with Gasteiger partial charge in [0.2, 0.25) is 5.91 Å². The van der Waals surface area contributed by atoms with Crippen molar-refractivity contribution in [1.82, 2.24) is 14.3 Å². The van der Waals surface area contributed by atoms with Crippen molar-refractivity contribution in [3.8, 4) is 0 Å². The maximum Gasteiger partial charge on any atom is 0.267 e. The first kappa shape index (κ1) is 24.0. The quantitative estimate of drug-likeness (QED) is 0.478. The molecule has 0 radical (unpaired) electrons. The Morgan fingerprint density at radius 3 is 2.74 bits per heavy atom. The van der Waals surface area contributed by atoms with Crippen molar-refractivity contribution in [2.45, 2.75) is 38.7 Å². The molecule has 35 heavy (non-hydrogen) atoms. The molecule has 0 aliphatic carbocycles. The molecule has 184 valence electrons. The van der Waals surface area contributed by atoms with Crippen LogP contribution in [0.2, 0.25) is 0 Å². The molecular weight excluding hydrogens is 486 g/mol. The number of primary amides is 1. The third kappa shape index (κ3) is 4.72. The van der Waals surface area contributed by atoms with Crippen LogP contribution in [0.1, 0.15) is 36.8 Å². The molecule has 3 aliphatic heterocycles. The minimum Gasteiger partial charge on any atom is -0.376 e. The highest BCUT2D eigenvalue weighted by molar-refractivity contribution is 8.26. The monoisotopic (exact) mass is 513 g/mol. The van der Waals surface area contributed by atoms with Crippen LogP contribution >= 0.6 is 24.0 Å². The minimum atomic E-state index is -0.304. The fourth-order valence-corrected chi connectivity index (χ4v) is 6.03. The van der Waals surface area contributed by atoms with Gasteiger partial charge in [-0.1, -0.05) is 30.0 Å². The predicted molar refractivity (Wildman–Crippen MR) is 139 cm³/mol. The standard InChI is InChI=1S/C24H27N5O4S2/c1-14-4-5-19-26-21(27-8-6-15(7-9-27)20(25)30)17(22(31)28(19)12-14)11-18-23(32)29(24(34)35-18)13-16-3-2-10-33-16/h4-5,11-12,15-16H,2-3,6-10,13H2,1H3,(H2,25,30)/b18-11+. The number of piperidine rings is 1. The van der Waals surface area contributed by atoms with Gasteiger partial charge >= 0.3 is 0 Å². The molecule has 2 N–H and O–H groups in total. The number of carbonyl (C=O) groups is 2. The summed E-state index contributed by atoms with van der Waals surface area (Å²) in [5.74, 6) is -0.205. The number of aryl methyl sites for hydroxylation is 1. The Bertz CT molecular complexity index is 1290. The summed E-state index contributed by atoms with van der Waals surface area (Å²) in [5.41, 5.74) is 7.03. The Hall–Kier alpha value is -2.76. The van der Waals surface area contributed by atoms with Gasteiger partial charge < -0.3 is 15.4 Å². The number of thioether (sulfide) groups is 1. The number of rotatable bonds is 5. The van der Waals surface area contributed by atoms with Crippen LogP contribution in [0.4, 0.5) is 5.82 Å². The molecule has 11 heteroatoms. The van der Waals surface area contributed by atoms with E-state index in [1.165, 1.54) is 16.2 Å². The van der Waals surface area contributed by atoms with E-state index in [0.717, 1.165) is 18.4 Å². The highest BCUT2D eigenvalue weighted by Crippen LogP contribution is 2.35. The van der Waals surface area contributed by atoms with Gasteiger partial charge in [0, 0.05) is 31.8 Å². The third-order valence-electron chi connectivity index (χ3n) is 6.74. The first-order valence-electron chi connectivity index (χ1n) is 11.8. The second kappa shape index (κ2) is 9.71. The van der Waals surface area contributed by atoms with Crippen LogP contribution in [0.3, 0.4) is 0 Å². The third-order valence-corrected chi connectivity index (χ3v) is 8.12. The number of hydrogen-bond acceptors (Lipinski definition) is 8. The molecule has 0 bridgehead atoms. The Morgan fingerprint density at radius 1 is 1.29 bits per heavy atom. The fourth-order valence-electron chi connectivity index (χ4n) is 4.77. The number of anilines is 1. The molecule has 0 aromatic carbocycles. The molecule has 9 nitrogen and oxygen atoms in total. The lowest BCUT2D eigenvalue weighted by molar-refractivity contribution is -0.123. The second-order valence-electron chi connectivity index (χ2n) is 9.18. The van der Waals surface area contributed by atoms with Crippen molar-refractivity contribution in [3.63, 3.8) is 0 Å². The number of nitrogens with zero attached hydrogens (tertiary/aromatic N) is 4. The van der Waals surface area contributed by atoms with E-state index < -0.39 is 0 Å². The molecule has 5 heterocycles. The molecule has 1 atom stereocenters. The van der Waals surface area contributed by atoms with E-state index in [1.807, 2.05) is 17.9 Å². The molecule has 0 saturated carbocycles. The van der Waals surface area contributed by atoms with Gasteiger partial charge in [0.15, 0.2) is 0 Å². The molecule has 1 unspecified atom stereocenters. The van der Waals surface area contributed by atoms with Gasteiger partial charge in [0.1, 0.15) is 15.8 Å². The van der Waals surface area contributed by atoms with Crippen molar-refractivity contribution in [1.29, 1.82) is 0 Å². The summed E-state index contributed by atoms with van der Waals surface area (Å²) < 4.78 is 7.65. The number of nitrogens with two attached hydrogens (primary N) is 1. The van der Waals surface area contributed by atoms with E-state index in [1.54, 1.807) is 23.2 Å². The summed E-state index contributed by atoms with van der Waals surface area (Å²) in [5, 5.41) is 0. The van der Waals surface area contributed by atoms with Gasteiger partial charge in [0.05, 0.1) is 23.1 Å². The van der Waals surface area contributed by atoms with Gasteiger partial charge in [0.25, 0.3) is 11.5 Å². The lowest BCUT2D eigenvalue weighted by Crippen LogP contribution is -2.40. The smallest absolute Gasteiger partial charge is 0.267 e. The summed E-state index contributed by atoms with van der Waals surface area (Å²) >= 11 is 6.68. The molecule has 2 amide bonds. The van der Waals surface area contributed by atoms with Gasteiger partial charge in [-0.3, -0.25) is 23.7 Å². The number of pyridine rings is 1. The molecule has 3 saturated heterocycles. The van der Waals surface area contributed by atoms with Gasteiger partial charge in [-0.05, 0) is 50.3 Å². The first-order chi connectivity index (χ1) is 16.8. The maximum atomic E-state index is 13.6. The molecule has 3 fully saturated rings. The maximum absolute atomic E-state index is 13.6. The average molecular weight is 514 g/mol. The van der Waals surface area contributed by atoms with Crippen LogP contribution in [-0.4, -0.2) is 62.8 Å². The zero-order valence-electron chi connectivity index (χ0n) is 19.4. The first-order valence-corrected chi connectivity index (χ1v) is 13.0. The Morgan fingerprint density at radius 2 is 2.06 bits per heavy atom. The van der Waals surface area contributed by atoms with Crippen molar-refractivity contribution in [3.05, 3.63) is 44.7 Å². The number of aromatic nitrogens is 2. The van der Waals surface area contributed by atoms with Crippen molar-refractivity contribution in [2.24, 2.45) is 11.7 Å². The van der Waals surface area contributed by atoms with Crippen LogP contribution < -0.4 is 16.2 Å². The van der Waals surface area contributed by atoms with Gasteiger partial charge in [-0.25, -0.2) is 4.98 Å². The van der Waals surface area contributed by atoms with E-state index in [-0.39, 0.29) is 29.4 Å². The van der Waals surface area contributed by atoms with E-state index in [0.29, 0.717) is 65.3 Å². The van der Waals surface area contributed by atoms with Gasteiger partial charge in [-0.2, -0.15) is 0 Å². The Labute approximate surface area is 212 Å². The summed E-state index contributed by atoms with van der Waals surface area (Å²) in [6, 6.07) is 3.71. The molecule has 2 aromatic heterocycles. The van der Waals surface area contributed by atoms with E-state index >= 15 is 0 Å². The predicted octanol–water partition coefficient (Wildman–Crippen LogP) is 2.08. The van der Waals surface area contributed by atoms with Gasteiger partial charge in [-0.15, -0.1) is 0 Å². The summed E-state index contributed by atoms with van der Waals surface area (Å²) in [6.07, 6.45) is 6.40. The highest BCUT2D eigenvalue weighted by atomic mass is 32.2. The summed E-state index contributed by atoms with van der Waals surface area (Å²) in [6.45, 7) is 4.11. The van der Waals surface area contributed by atoms with Crippen LogP contribution in [0.5, 0.6) is 0 Å². The van der Waals surface area contributed by atoms with E-state index in [4.69, 9.17) is 27.7 Å². The van der Waals surface area contributed by atoms with Crippen LogP contribution in [-0.2, 0) is 14.3 Å². The average Bonchev–Trinajstić information content (AvgIpc) is 3.45. The number of thiocarbonyl (C=S) groups is 1. The van der Waals surface area contributed by atoms with E-state index in [9.17, 15) is 14.4 Å². The zero-order chi connectivity index (χ0) is 24.7. The number of fused-ring (bicyclic) bond motifs is 1. The molecule has 0 spiro atoms. The van der Waals surface area contributed by atoms with Crippen LogP contribution in [0.15, 0.2) is 28.0 Å². The highest BCUT2D eigenvalue weighted by Gasteiger charge is 2.35. The summed E-state index contributed by atoms with van der Waals surface area (Å²) in [4.78, 5) is 47.3. The molecular formula is C24H27N5O4S2. The zero-order valence-corrected chi connectivity index (χ0v) is 21.1. The van der Waals surface area contributed by atoms with Crippen LogP contribution in [0.25, 0.3) is 11.7 Å². The van der Waals surface area contributed by atoms with Crippen LogP contribution in [0, 0.1) is 12.8 Å². The largest absolute Gasteiger partial charge is 0.376 e. The Balaban J connectivity index is 1.53. The molecule has 3 aliphatic rings. The molecule has 2 aromatic rings. The summed E-state index contributed by atoms with van der Waals surface area (Å²) in [7, 11) is 0. The second-order valence-corrected chi connectivity index (χ2v) is 10.9. The van der Waals surface area contributed by atoms with Crippen molar-refractivity contribution >= 4 is 57.7 Å². The normalized spacial score (nSPS) is 22.7. The van der Waals surface area contributed by atoms with Crippen molar-refractivity contribution < 1.29 is 14.3 Å². The fraction of sp³-hybridized carbons (Fsp3) is 0.458. The number of carbonyl (C=O) groups excluding carboxylic acids is 2. The number of hydrogen-bond donors (Lipinski definition) is 1. The van der Waals surface area contributed by atoms with E-state index in [2.05, 4.69) is 0 Å². The molecule has 5 rings (SSSR count). The van der Waals surface area contributed by atoms with Crippen molar-refractivity contribution in [2.75, 3.05) is 31.1 Å². The number of amides is 2. The Kier molecular flexibility index (Phi) is 6.65. The number of ether oxygens (including phenoxy) is 1. The minimum absolute atomic E-state index is 0.0186. The SMILES string of the molecule is Cc1ccc2nc(N3CCC(C(N)=O)CC3)c(/C=C3/SC(=S)N(CC4CCCO4)C3=O)c(=O)n2c1. The lowest BCUT2D eigenvalue weighted by Gasteiger charge is -2.32. The topological polar surface area (TPSA) is 110 Å².